The van der Waals surface area contributed by atoms with Crippen LogP contribution in [0.25, 0.3) is 28.2 Å². The largest absolute Gasteiger partial charge is 0.378 e. The number of amides is 1. The molecule has 1 fully saturated rings. The molecule has 4 heterocycles. The third kappa shape index (κ3) is 6.49. The molecule has 0 bridgehead atoms. The zero-order valence-electron chi connectivity index (χ0n) is 25.5. The number of fused-ring (bicyclic) bond motifs is 1. The van der Waals surface area contributed by atoms with Gasteiger partial charge in [0, 0.05) is 60.9 Å². The van der Waals surface area contributed by atoms with Gasteiger partial charge in [0.1, 0.15) is 11.3 Å². The van der Waals surface area contributed by atoms with E-state index in [1.807, 2.05) is 37.2 Å². The zero-order chi connectivity index (χ0) is 31.1. The second-order valence-corrected chi connectivity index (χ2v) is 14.5. The quantitative estimate of drug-likeness (QED) is 0.221. The van der Waals surface area contributed by atoms with Gasteiger partial charge in [-0.1, -0.05) is 6.07 Å². The number of hydrogen-bond acceptors (Lipinski definition) is 7. The van der Waals surface area contributed by atoms with E-state index in [2.05, 4.69) is 67.9 Å². The van der Waals surface area contributed by atoms with Gasteiger partial charge in [-0.25, -0.2) is 18.4 Å². The Hall–Kier alpha value is -3.26. The molecule has 0 saturated carbocycles. The summed E-state index contributed by atoms with van der Waals surface area (Å²) in [6.45, 7) is 9.45. The average Bonchev–Trinajstić information content (AvgIpc) is 3.68. The number of aromatic nitrogens is 4. The number of carbonyl (C=O) groups excluding carboxylic acids is 1. The first-order valence-electron chi connectivity index (χ1n) is 14.4. The van der Waals surface area contributed by atoms with Crippen LogP contribution in [0.3, 0.4) is 0 Å². The van der Waals surface area contributed by atoms with Crippen molar-refractivity contribution < 1.29 is 13.2 Å². The maximum absolute atomic E-state index is 12.5. The van der Waals surface area contributed by atoms with E-state index in [9.17, 15) is 13.2 Å². The smallest absolute Gasteiger partial charge is 0.225 e. The molecule has 43 heavy (non-hydrogen) atoms. The van der Waals surface area contributed by atoms with Crippen molar-refractivity contribution in [3.63, 3.8) is 0 Å². The molecule has 13 heteroatoms. The van der Waals surface area contributed by atoms with Gasteiger partial charge in [0.25, 0.3) is 0 Å². The van der Waals surface area contributed by atoms with Crippen molar-refractivity contribution in [3.8, 4) is 17.1 Å². The molecule has 4 aromatic rings. The Labute approximate surface area is 261 Å². The van der Waals surface area contributed by atoms with Gasteiger partial charge in [0.2, 0.25) is 15.9 Å². The van der Waals surface area contributed by atoms with Crippen LogP contribution in [0.15, 0.2) is 34.9 Å². The molecule has 1 aliphatic heterocycles. The van der Waals surface area contributed by atoms with Crippen LogP contribution in [-0.2, 0) is 14.8 Å². The van der Waals surface area contributed by atoms with Gasteiger partial charge in [0.15, 0.2) is 5.65 Å². The van der Waals surface area contributed by atoms with E-state index in [0.717, 1.165) is 49.6 Å². The lowest BCUT2D eigenvalue weighted by molar-refractivity contribution is -0.116. The topological polar surface area (TPSA) is 128 Å². The van der Waals surface area contributed by atoms with Gasteiger partial charge >= 0.3 is 0 Å². The van der Waals surface area contributed by atoms with E-state index >= 15 is 0 Å². The van der Waals surface area contributed by atoms with Gasteiger partial charge in [0.05, 0.1) is 21.6 Å². The summed E-state index contributed by atoms with van der Waals surface area (Å²) in [6, 6.07) is 8.03. The highest BCUT2D eigenvalue weighted by Gasteiger charge is 2.31. The number of hydrogen-bond donors (Lipinski definition) is 3. The monoisotopic (exact) mass is 670 g/mol. The summed E-state index contributed by atoms with van der Waals surface area (Å²) < 4.78 is 29.3. The lowest BCUT2D eigenvalue weighted by atomic mass is 10.1. The minimum absolute atomic E-state index is 0.0206. The maximum Gasteiger partial charge on any atom is 0.225 e. The Bertz CT molecular complexity index is 1780. The van der Waals surface area contributed by atoms with Gasteiger partial charge in [-0.2, -0.15) is 4.31 Å². The number of nitrogens with zero attached hydrogens (tertiary/aromatic N) is 5. The first-order chi connectivity index (χ1) is 20.4. The molecule has 1 atom stereocenters. The molecular weight excluding hydrogens is 632 g/mol. The standard InChI is InChI=1S/C30H39BrN8O3S/c1-7-43(41,42)38-13-10-22(17-38)34-27-24(31)16-32-30-28(27)35-29(36-30)23-14-19(3)39(20(23)4)25-15-21(9-8-18(25)2)33-26(40)11-12-37(5)6/h8-9,14-16,22H,7,10-13,17H2,1-6H3,(H,33,40)(H2,32,34,35,36). The molecule has 0 spiro atoms. The molecule has 230 valence electrons. The second kappa shape index (κ2) is 12.4. The molecular formula is C30H39BrN8O3S. The number of aromatic amines is 1. The van der Waals surface area contributed by atoms with E-state index in [1.54, 1.807) is 17.4 Å². The van der Waals surface area contributed by atoms with E-state index in [1.165, 1.54) is 0 Å². The van der Waals surface area contributed by atoms with Crippen LogP contribution >= 0.6 is 15.9 Å². The highest BCUT2D eigenvalue weighted by atomic mass is 79.9. The number of imidazole rings is 1. The predicted molar refractivity (Wildman–Crippen MR) is 175 cm³/mol. The fraction of sp³-hybridized carbons (Fsp3) is 0.433. The van der Waals surface area contributed by atoms with E-state index in [4.69, 9.17) is 4.98 Å². The number of nitrogens with one attached hydrogen (secondary N) is 3. The van der Waals surface area contributed by atoms with Crippen LogP contribution in [0.4, 0.5) is 11.4 Å². The number of pyridine rings is 1. The van der Waals surface area contributed by atoms with E-state index in [0.29, 0.717) is 43.9 Å². The minimum Gasteiger partial charge on any atom is -0.378 e. The molecule has 3 aromatic heterocycles. The van der Waals surface area contributed by atoms with Crippen molar-refractivity contribution in [2.24, 2.45) is 0 Å². The lowest BCUT2D eigenvalue weighted by Gasteiger charge is -2.17. The van der Waals surface area contributed by atoms with Gasteiger partial charge in [-0.15, -0.1) is 0 Å². The number of anilines is 2. The van der Waals surface area contributed by atoms with Gasteiger partial charge in [-0.3, -0.25) is 4.79 Å². The molecule has 0 radical (unpaired) electrons. The Morgan fingerprint density at radius 2 is 1.98 bits per heavy atom. The molecule has 1 amide bonds. The van der Waals surface area contributed by atoms with Crippen LogP contribution in [0.5, 0.6) is 0 Å². The summed E-state index contributed by atoms with van der Waals surface area (Å²) in [5, 5.41) is 6.57. The fourth-order valence-electron chi connectivity index (χ4n) is 5.54. The molecule has 1 aliphatic rings. The summed E-state index contributed by atoms with van der Waals surface area (Å²) in [7, 11) is 0.670. The van der Waals surface area contributed by atoms with Crippen molar-refractivity contribution in [2.75, 3.05) is 50.1 Å². The number of rotatable bonds is 10. The molecule has 11 nitrogen and oxygen atoms in total. The number of aryl methyl sites for hydroxylation is 2. The number of benzene rings is 1. The molecule has 3 N–H and O–H groups in total. The van der Waals surface area contributed by atoms with Crippen molar-refractivity contribution >= 4 is 54.4 Å². The number of halogens is 1. The van der Waals surface area contributed by atoms with Crippen LogP contribution in [-0.4, -0.2) is 88.6 Å². The molecule has 1 saturated heterocycles. The normalized spacial score (nSPS) is 16.0. The molecule has 1 unspecified atom stereocenters. The average molecular weight is 672 g/mol. The SMILES string of the molecule is CCS(=O)(=O)N1CCC(Nc2c(Br)cnc3nc(-c4cc(C)n(-c5cc(NC(=O)CCN(C)C)ccc5C)c4C)[nH]c23)C1. The number of sulfonamides is 1. The van der Waals surface area contributed by atoms with Gasteiger partial charge in [-0.05, 0) is 87.9 Å². The Morgan fingerprint density at radius 3 is 2.70 bits per heavy atom. The number of H-pyrrole nitrogens is 1. The van der Waals surface area contributed by atoms with Crippen molar-refractivity contribution in [2.45, 2.75) is 46.6 Å². The van der Waals surface area contributed by atoms with Crippen LogP contribution in [0.2, 0.25) is 0 Å². The Balaban J connectivity index is 1.45. The summed E-state index contributed by atoms with van der Waals surface area (Å²) in [4.78, 5) is 27.3. The highest BCUT2D eigenvalue weighted by Crippen LogP contribution is 2.35. The molecule has 5 rings (SSSR count). The Morgan fingerprint density at radius 1 is 1.21 bits per heavy atom. The summed E-state index contributed by atoms with van der Waals surface area (Å²) >= 11 is 3.63. The van der Waals surface area contributed by atoms with Crippen LogP contribution in [0, 0.1) is 20.8 Å². The maximum atomic E-state index is 12.5. The van der Waals surface area contributed by atoms with Crippen LogP contribution in [0.1, 0.15) is 36.7 Å². The first-order valence-corrected chi connectivity index (χ1v) is 16.8. The molecule has 1 aromatic carbocycles. The fourth-order valence-corrected chi connectivity index (χ4v) is 7.11. The predicted octanol–water partition coefficient (Wildman–Crippen LogP) is 4.83. The van der Waals surface area contributed by atoms with Crippen molar-refractivity contribution in [1.29, 1.82) is 0 Å². The van der Waals surface area contributed by atoms with Crippen molar-refractivity contribution in [1.82, 2.24) is 28.7 Å². The zero-order valence-corrected chi connectivity index (χ0v) is 27.9. The Kier molecular flexibility index (Phi) is 8.98. The highest BCUT2D eigenvalue weighted by molar-refractivity contribution is 9.10. The summed E-state index contributed by atoms with van der Waals surface area (Å²) in [6.07, 6.45) is 2.85. The van der Waals surface area contributed by atoms with E-state index in [-0.39, 0.29) is 17.7 Å². The van der Waals surface area contributed by atoms with Crippen molar-refractivity contribution in [3.05, 3.63) is 51.9 Å². The number of carbonyl (C=O) groups is 1. The lowest BCUT2D eigenvalue weighted by Crippen LogP contribution is -2.32. The van der Waals surface area contributed by atoms with Crippen LogP contribution < -0.4 is 10.6 Å². The summed E-state index contributed by atoms with van der Waals surface area (Å²) in [5.41, 5.74) is 7.93. The minimum atomic E-state index is -3.23. The third-order valence-electron chi connectivity index (χ3n) is 7.94. The third-order valence-corrected chi connectivity index (χ3v) is 10.4. The van der Waals surface area contributed by atoms with Gasteiger partial charge < -0.3 is 25.1 Å². The summed E-state index contributed by atoms with van der Waals surface area (Å²) in [5.74, 6) is 0.767. The molecule has 0 aliphatic carbocycles. The first kappa shape index (κ1) is 31.2. The van der Waals surface area contributed by atoms with E-state index < -0.39 is 10.0 Å². The second-order valence-electron chi connectivity index (χ2n) is 11.4.